The third-order valence-electron chi connectivity index (χ3n) is 14.6. The molecule has 0 N–H and O–H groups in total. The molecule has 5 nitrogen and oxygen atoms in total. The first-order valence-corrected chi connectivity index (χ1v) is 23.9. The average molecular weight is 902 g/mol. The maximum absolute atomic E-state index is 7.08. The van der Waals surface area contributed by atoms with Crippen molar-refractivity contribution >= 4 is 49.2 Å². The summed E-state index contributed by atoms with van der Waals surface area (Å²) in [4.78, 5) is 5.02. The molecule has 10 rings (SSSR count). The summed E-state index contributed by atoms with van der Waals surface area (Å²) in [6.45, 7) is 6.78. The van der Waals surface area contributed by atoms with E-state index >= 15 is 0 Å². The minimum atomic E-state index is -0.854. The molecule has 3 heterocycles. The normalized spacial score (nSPS) is 14.1. The molecule has 0 saturated heterocycles. The lowest BCUT2D eigenvalue weighted by Gasteiger charge is -2.32. The van der Waals surface area contributed by atoms with Crippen LogP contribution in [-0.4, -0.2) is 19.9 Å². The Labute approximate surface area is 406 Å². The molecule has 0 aliphatic rings. The van der Waals surface area contributed by atoms with Crippen molar-refractivity contribution in [1.82, 2.24) is 0 Å². The smallest absolute Gasteiger partial charge is 0.218 e. The topological polar surface area (TPSA) is 42.5 Å². The minimum Gasteiger partial charge on any atom is -0.455 e. The molecular formula is C64H59N3O2+2. The number of hydrogen-bond acceptors (Lipinski definition) is 3. The standard InChI is InChI=1S/C64H59N3O2/c1-44-22-13-16-27-56(44)63(3,59-29-17-20-38-66(59)5)37-19-9-12-28-57(65-4)61-45(2)50(41-55-54-40-49-32-31-48-25-14-15-26-52(48)53(49)42-58(54)69-62(55)61)43-64(68-7,60-30-18-21-39-67(60)6)51-35-33-47(34-36-51)46-23-10-8-11-24-46/h8-36,38-42H,37,43H2,1-7H3/q+2/b19-9+,28-12-,65-57?. The number of methoxy groups -OCH3 is 1. The number of rotatable bonds is 13. The Balaban J connectivity index is 1.12. The number of fused-ring (bicyclic) bond motifs is 6. The number of nitrogens with zero attached hydrogens (tertiary/aromatic N) is 3. The van der Waals surface area contributed by atoms with Gasteiger partial charge in [0.25, 0.3) is 0 Å². The molecule has 5 heteroatoms. The van der Waals surface area contributed by atoms with E-state index in [1.165, 1.54) is 43.9 Å². The van der Waals surface area contributed by atoms with E-state index in [-0.39, 0.29) is 5.41 Å². The molecule has 0 amide bonds. The molecule has 0 aliphatic carbocycles. The van der Waals surface area contributed by atoms with E-state index in [1.807, 2.05) is 14.2 Å². The number of aliphatic imine (C=N–C) groups is 1. The third kappa shape index (κ3) is 8.17. The van der Waals surface area contributed by atoms with Gasteiger partial charge in [0, 0.05) is 61.2 Å². The number of pyridine rings is 2. The number of furan rings is 1. The molecule has 0 radical (unpaired) electrons. The Morgan fingerprint density at radius 1 is 0.638 bits per heavy atom. The second-order valence-corrected chi connectivity index (χ2v) is 18.7. The predicted octanol–water partition coefficient (Wildman–Crippen LogP) is 13.9. The number of aromatic nitrogens is 2. The molecule has 0 spiro atoms. The van der Waals surface area contributed by atoms with Crippen LogP contribution in [0.25, 0.3) is 54.6 Å². The van der Waals surface area contributed by atoms with Crippen LogP contribution in [0.2, 0.25) is 0 Å². The maximum atomic E-state index is 7.08. The van der Waals surface area contributed by atoms with Crippen LogP contribution in [0.3, 0.4) is 0 Å². The number of allylic oxidation sites excluding steroid dienone is 4. The molecule has 0 fully saturated rings. The Morgan fingerprint density at radius 2 is 1.30 bits per heavy atom. The molecule has 0 aliphatic heterocycles. The van der Waals surface area contributed by atoms with Crippen molar-refractivity contribution in [1.29, 1.82) is 0 Å². The maximum Gasteiger partial charge on any atom is 0.218 e. The van der Waals surface area contributed by atoms with Crippen molar-refractivity contribution in [3.8, 4) is 11.1 Å². The number of aryl methyl sites for hydroxylation is 3. The van der Waals surface area contributed by atoms with Crippen LogP contribution in [0.4, 0.5) is 0 Å². The highest BCUT2D eigenvalue weighted by molar-refractivity contribution is 6.22. The largest absolute Gasteiger partial charge is 0.455 e. The van der Waals surface area contributed by atoms with Gasteiger partial charge in [0.15, 0.2) is 23.7 Å². The fourth-order valence-electron chi connectivity index (χ4n) is 10.9. The lowest BCUT2D eigenvalue weighted by atomic mass is 9.74. The van der Waals surface area contributed by atoms with E-state index in [0.29, 0.717) is 6.42 Å². The number of benzene rings is 7. The van der Waals surface area contributed by atoms with Gasteiger partial charge in [-0.2, -0.15) is 0 Å². The molecule has 0 saturated carbocycles. The first kappa shape index (κ1) is 45.1. The molecule has 3 aromatic heterocycles. The van der Waals surface area contributed by atoms with Gasteiger partial charge in [-0.05, 0) is 118 Å². The van der Waals surface area contributed by atoms with Crippen molar-refractivity contribution in [3.05, 3.63) is 251 Å². The molecule has 7 aromatic carbocycles. The van der Waals surface area contributed by atoms with Gasteiger partial charge < -0.3 is 9.15 Å². The SMILES string of the molecule is CN=C(/C=C\C=C\CC(C)(c1ccccc1C)c1cccc[n+]1C)c1c(C)c(CC(OC)(c2ccc(-c3ccccc3)cc2)c2cccc[n+]2C)cc2c1oc1cc3c(ccc4ccccc43)cc12. The quantitative estimate of drug-likeness (QED) is 0.0501. The highest BCUT2D eigenvalue weighted by Gasteiger charge is 2.42. The molecule has 340 valence electrons. The Hall–Kier alpha value is -7.73. The van der Waals surface area contributed by atoms with Gasteiger partial charge in [-0.15, -0.1) is 0 Å². The fourth-order valence-corrected chi connectivity index (χ4v) is 10.9. The summed E-state index contributed by atoms with van der Waals surface area (Å²) < 4.78 is 18.4. The summed E-state index contributed by atoms with van der Waals surface area (Å²) in [6, 6.07) is 60.9. The summed E-state index contributed by atoms with van der Waals surface area (Å²) in [5, 5.41) is 6.87. The minimum absolute atomic E-state index is 0.251. The van der Waals surface area contributed by atoms with Crippen molar-refractivity contribution in [3.63, 3.8) is 0 Å². The van der Waals surface area contributed by atoms with Gasteiger partial charge in [-0.3, -0.25) is 4.99 Å². The van der Waals surface area contributed by atoms with E-state index in [1.54, 1.807) is 0 Å². The molecular weight excluding hydrogens is 843 g/mol. The van der Waals surface area contributed by atoms with Gasteiger partial charge in [-0.1, -0.05) is 140 Å². The summed E-state index contributed by atoms with van der Waals surface area (Å²) >= 11 is 0. The monoisotopic (exact) mass is 901 g/mol. The van der Waals surface area contributed by atoms with E-state index in [0.717, 1.165) is 67.6 Å². The van der Waals surface area contributed by atoms with Crippen LogP contribution in [0, 0.1) is 13.8 Å². The summed E-state index contributed by atoms with van der Waals surface area (Å²) in [7, 11) is 7.96. The summed E-state index contributed by atoms with van der Waals surface area (Å²) in [5.74, 6) is 0. The van der Waals surface area contributed by atoms with Crippen molar-refractivity contribution < 1.29 is 18.3 Å². The molecule has 69 heavy (non-hydrogen) atoms. The Bertz CT molecular complexity index is 3570. The van der Waals surface area contributed by atoms with Gasteiger partial charge in [0.2, 0.25) is 5.69 Å². The average Bonchev–Trinajstić information content (AvgIpc) is 3.73. The molecule has 10 aromatic rings. The van der Waals surface area contributed by atoms with Crippen molar-refractivity contribution in [2.24, 2.45) is 19.1 Å². The number of ether oxygens (including phenoxy) is 1. The second kappa shape index (κ2) is 18.7. The van der Waals surface area contributed by atoms with Crippen LogP contribution in [-0.2, 0) is 36.3 Å². The van der Waals surface area contributed by atoms with Crippen molar-refractivity contribution in [2.75, 3.05) is 14.2 Å². The van der Waals surface area contributed by atoms with Crippen molar-refractivity contribution in [2.45, 2.75) is 44.6 Å². The number of hydrogen-bond donors (Lipinski definition) is 0. The lowest BCUT2D eigenvalue weighted by molar-refractivity contribution is -0.685. The first-order chi connectivity index (χ1) is 33.6. The van der Waals surface area contributed by atoms with E-state index in [4.69, 9.17) is 14.1 Å². The Morgan fingerprint density at radius 3 is 2.03 bits per heavy atom. The van der Waals surface area contributed by atoms with Crippen LogP contribution in [0.1, 0.15) is 58.1 Å². The zero-order valence-corrected chi connectivity index (χ0v) is 40.7. The molecule has 2 unspecified atom stereocenters. The van der Waals surface area contributed by atoms with Crippen LogP contribution < -0.4 is 9.13 Å². The summed E-state index contributed by atoms with van der Waals surface area (Å²) in [6.07, 6.45) is 14.3. The lowest BCUT2D eigenvalue weighted by Crippen LogP contribution is -2.46. The summed E-state index contributed by atoms with van der Waals surface area (Å²) in [5.41, 5.74) is 12.9. The zero-order valence-electron chi connectivity index (χ0n) is 40.7. The fraction of sp³-hybridized carbons (Fsp3) is 0.172. The van der Waals surface area contributed by atoms with Gasteiger partial charge >= 0.3 is 0 Å². The highest BCUT2D eigenvalue weighted by Crippen LogP contribution is 2.43. The first-order valence-electron chi connectivity index (χ1n) is 23.9. The Kier molecular flexibility index (Phi) is 12.2. The third-order valence-corrected chi connectivity index (χ3v) is 14.6. The molecule has 2 atom stereocenters. The highest BCUT2D eigenvalue weighted by atomic mass is 16.5. The van der Waals surface area contributed by atoms with Crippen LogP contribution in [0.5, 0.6) is 0 Å². The zero-order chi connectivity index (χ0) is 47.7. The second-order valence-electron chi connectivity index (χ2n) is 18.7. The van der Waals surface area contributed by atoms with Crippen LogP contribution in [0.15, 0.2) is 216 Å². The predicted molar refractivity (Wildman–Crippen MR) is 285 cm³/mol. The van der Waals surface area contributed by atoms with E-state index < -0.39 is 5.60 Å². The van der Waals surface area contributed by atoms with E-state index in [9.17, 15) is 0 Å². The van der Waals surface area contributed by atoms with E-state index in [2.05, 4.69) is 251 Å². The van der Waals surface area contributed by atoms with Gasteiger partial charge in [0.05, 0.1) is 11.1 Å². The van der Waals surface area contributed by atoms with Gasteiger partial charge in [0.1, 0.15) is 25.3 Å². The molecule has 0 bridgehead atoms. The van der Waals surface area contributed by atoms with Gasteiger partial charge in [-0.25, -0.2) is 9.13 Å². The van der Waals surface area contributed by atoms with Crippen LogP contribution >= 0.6 is 0 Å².